The molecule has 1 aliphatic carbocycles. The normalized spacial score (nSPS) is 23.6. The average molecular weight is 343 g/mol. The van der Waals surface area contributed by atoms with Gasteiger partial charge in [-0.3, -0.25) is 9.59 Å². The number of amides is 2. The summed E-state index contributed by atoms with van der Waals surface area (Å²) in [6, 6.07) is 6.10. The molecule has 2 fully saturated rings. The van der Waals surface area contributed by atoms with Crippen molar-refractivity contribution in [2.75, 3.05) is 38.5 Å². The van der Waals surface area contributed by atoms with E-state index in [2.05, 4.69) is 37.2 Å². The Morgan fingerprint density at radius 3 is 2.44 bits per heavy atom. The number of carbonyl (C=O) groups is 2. The molecule has 1 heterocycles. The van der Waals surface area contributed by atoms with Crippen molar-refractivity contribution in [2.24, 2.45) is 11.8 Å². The molecule has 5 heteroatoms. The summed E-state index contributed by atoms with van der Waals surface area (Å²) >= 11 is 0. The SMILES string of the molecule is Cc1cccc(C(C)C)c1NC(=O)C1CC1C(=O)N1CCN(C)CC1. The van der Waals surface area contributed by atoms with E-state index in [1.807, 2.05) is 24.0 Å². The van der Waals surface area contributed by atoms with Crippen molar-refractivity contribution < 1.29 is 9.59 Å². The van der Waals surface area contributed by atoms with Crippen LogP contribution in [0.3, 0.4) is 0 Å². The number of nitrogens with zero attached hydrogens (tertiary/aromatic N) is 2. The van der Waals surface area contributed by atoms with E-state index in [0.717, 1.165) is 43.0 Å². The maximum absolute atomic E-state index is 12.7. The highest BCUT2D eigenvalue weighted by Gasteiger charge is 2.49. The summed E-state index contributed by atoms with van der Waals surface area (Å²) in [5, 5.41) is 3.10. The van der Waals surface area contributed by atoms with Crippen LogP contribution in [0, 0.1) is 18.8 Å². The molecular formula is C20H29N3O2. The zero-order valence-corrected chi connectivity index (χ0v) is 15.7. The predicted octanol–water partition coefficient (Wildman–Crippen LogP) is 2.47. The lowest BCUT2D eigenvalue weighted by atomic mass is 9.98. The first-order valence-corrected chi connectivity index (χ1v) is 9.26. The number of aryl methyl sites for hydroxylation is 1. The number of benzene rings is 1. The quantitative estimate of drug-likeness (QED) is 0.914. The molecular weight excluding hydrogens is 314 g/mol. The van der Waals surface area contributed by atoms with Crippen LogP contribution in [0.5, 0.6) is 0 Å². The second-order valence-electron chi connectivity index (χ2n) is 7.76. The monoisotopic (exact) mass is 343 g/mol. The summed E-state index contributed by atoms with van der Waals surface area (Å²) in [5.74, 6) is 0.185. The van der Waals surface area contributed by atoms with Crippen LogP contribution in [-0.4, -0.2) is 54.8 Å². The molecule has 25 heavy (non-hydrogen) atoms. The molecule has 2 aliphatic rings. The third kappa shape index (κ3) is 3.87. The van der Waals surface area contributed by atoms with Crippen LogP contribution < -0.4 is 5.32 Å². The van der Waals surface area contributed by atoms with Crippen LogP contribution in [0.15, 0.2) is 18.2 Å². The Labute approximate surface area is 150 Å². The Hall–Kier alpha value is -1.88. The van der Waals surface area contributed by atoms with Crippen LogP contribution in [0.2, 0.25) is 0 Å². The third-order valence-electron chi connectivity index (χ3n) is 5.43. The highest BCUT2D eigenvalue weighted by Crippen LogP contribution is 2.41. The van der Waals surface area contributed by atoms with Gasteiger partial charge in [0.05, 0.1) is 11.8 Å². The second-order valence-corrected chi connectivity index (χ2v) is 7.76. The highest BCUT2D eigenvalue weighted by atomic mass is 16.2. The van der Waals surface area contributed by atoms with Crippen molar-refractivity contribution in [3.8, 4) is 0 Å². The van der Waals surface area contributed by atoms with Gasteiger partial charge in [-0.2, -0.15) is 0 Å². The van der Waals surface area contributed by atoms with Gasteiger partial charge in [0, 0.05) is 31.9 Å². The lowest BCUT2D eigenvalue weighted by Crippen LogP contribution is -2.48. The van der Waals surface area contributed by atoms with Gasteiger partial charge in [-0.15, -0.1) is 0 Å². The Balaban J connectivity index is 1.62. The molecule has 1 aromatic rings. The average Bonchev–Trinajstić information content (AvgIpc) is 3.37. The van der Waals surface area contributed by atoms with Crippen molar-refractivity contribution in [1.82, 2.24) is 9.80 Å². The Bertz CT molecular complexity index is 663. The van der Waals surface area contributed by atoms with Gasteiger partial charge in [0.15, 0.2) is 0 Å². The minimum Gasteiger partial charge on any atom is -0.340 e. The van der Waals surface area contributed by atoms with Crippen molar-refractivity contribution in [2.45, 2.75) is 33.1 Å². The molecule has 0 aromatic heterocycles. The van der Waals surface area contributed by atoms with Crippen molar-refractivity contribution >= 4 is 17.5 Å². The molecule has 2 atom stereocenters. The van der Waals surface area contributed by atoms with Crippen LogP contribution in [0.4, 0.5) is 5.69 Å². The first-order chi connectivity index (χ1) is 11.9. The van der Waals surface area contributed by atoms with E-state index in [4.69, 9.17) is 0 Å². The summed E-state index contributed by atoms with van der Waals surface area (Å²) in [6.45, 7) is 9.64. The number of carbonyl (C=O) groups excluding carboxylic acids is 2. The fourth-order valence-electron chi connectivity index (χ4n) is 3.58. The van der Waals surface area contributed by atoms with Gasteiger partial charge < -0.3 is 15.1 Å². The van der Waals surface area contributed by atoms with Gasteiger partial charge in [0.1, 0.15) is 0 Å². The number of nitrogens with one attached hydrogen (secondary N) is 1. The van der Waals surface area contributed by atoms with E-state index in [9.17, 15) is 9.59 Å². The lowest BCUT2D eigenvalue weighted by molar-refractivity contribution is -0.135. The fraction of sp³-hybridized carbons (Fsp3) is 0.600. The first-order valence-electron chi connectivity index (χ1n) is 9.26. The molecule has 3 rings (SSSR count). The Morgan fingerprint density at radius 1 is 1.12 bits per heavy atom. The van der Waals surface area contributed by atoms with Crippen molar-refractivity contribution in [1.29, 1.82) is 0 Å². The summed E-state index contributed by atoms with van der Waals surface area (Å²) in [7, 11) is 2.07. The summed E-state index contributed by atoms with van der Waals surface area (Å²) in [5.41, 5.74) is 3.14. The largest absolute Gasteiger partial charge is 0.340 e. The van der Waals surface area contributed by atoms with E-state index in [0.29, 0.717) is 12.3 Å². The number of para-hydroxylation sites is 1. The van der Waals surface area contributed by atoms with Gasteiger partial charge >= 0.3 is 0 Å². The predicted molar refractivity (Wildman–Crippen MR) is 99.6 cm³/mol. The van der Waals surface area contributed by atoms with Crippen molar-refractivity contribution in [3.05, 3.63) is 29.3 Å². The molecule has 0 radical (unpaired) electrons. The maximum Gasteiger partial charge on any atom is 0.228 e. The summed E-state index contributed by atoms with van der Waals surface area (Å²) < 4.78 is 0. The van der Waals surface area contributed by atoms with E-state index in [1.54, 1.807) is 0 Å². The summed E-state index contributed by atoms with van der Waals surface area (Å²) in [6.07, 6.45) is 0.680. The third-order valence-corrected chi connectivity index (χ3v) is 5.43. The van der Waals surface area contributed by atoms with Crippen LogP contribution in [0.25, 0.3) is 0 Å². The molecule has 5 nitrogen and oxygen atoms in total. The van der Waals surface area contributed by atoms with Crippen molar-refractivity contribution in [3.63, 3.8) is 0 Å². The minimum atomic E-state index is -0.174. The first kappa shape index (κ1) is 17.9. The highest BCUT2D eigenvalue weighted by molar-refractivity contribution is 6.00. The van der Waals surface area contributed by atoms with Gasteiger partial charge in [-0.1, -0.05) is 32.0 Å². The molecule has 0 bridgehead atoms. The number of rotatable bonds is 4. The second kappa shape index (κ2) is 7.16. The number of likely N-dealkylation sites (N-methyl/N-ethyl adjacent to an activating group) is 1. The van der Waals surface area contributed by atoms with Gasteiger partial charge in [-0.25, -0.2) is 0 Å². The smallest absolute Gasteiger partial charge is 0.228 e. The maximum atomic E-state index is 12.7. The fourth-order valence-corrected chi connectivity index (χ4v) is 3.58. The van der Waals surface area contributed by atoms with E-state index in [1.165, 1.54) is 0 Å². The van der Waals surface area contributed by atoms with Crippen LogP contribution in [0.1, 0.15) is 37.3 Å². The lowest BCUT2D eigenvalue weighted by Gasteiger charge is -2.32. The van der Waals surface area contributed by atoms with E-state index in [-0.39, 0.29) is 23.7 Å². The molecule has 136 valence electrons. The number of hydrogen-bond acceptors (Lipinski definition) is 3. The molecule has 1 aliphatic heterocycles. The van der Waals surface area contributed by atoms with Gasteiger partial charge in [0.2, 0.25) is 11.8 Å². The van der Waals surface area contributed by atoms with Crippen LogP contribution >= 0.6 is 0 Å². The topological polar surface area (TPSA) is 52.7 Å². The standard InChI is InChI=1S/C20H29N3O2/c1-13(2)15-7-5-6-14(3)18(15)21-19(24)16-12-17(16)20(25)23-10-8-22(4)9-11-23/h5-7,13,16-17H,8-12H2,1-4H3,(H,21,24). The number of hydrogen-bond donors (Lipinski definition) is 1. The van der Waals surface area contributed by atoms with Crippen LogP contribution in [-0.2, 0) is 9.59 Å². The molecule has 0 spiro atoms. The molecule has 2 unspecified atom stereocenters. The van der Waals surface area contributed by atoms with E-state index >= 15 is 0 Å². The number of anilines is 1. The number of piperazine rings is 1. The zero-order chi connectivity index (χ0) is 18.1. The molecule has 1 aromatic carbocycles. The van der Waals surface area contributed by atoms with Gasteiger partial charge in [0.25, 0.3) is 0 Å². The molecule has 1 saturated heterocycles. The summed E-state index contributed by atoms with van der Waals surface area (Å²) in [4.78, 5) is 29.4. The molecule has 2 amide bonds. The molecule has 1 saturated carbocycles. The zero-order valence-electron chi connectivity index (χ0n) is 15.7. The minimum absolute atomic E-state index is 0.0105. The Morgan fingerprint density at radius 2 is 1.80 bits per heavy atom. The van der Waals surface area contributed by atoms with E-state index < -0.39 is 0 Å². The Kier molecular flexibility index (Phi) is 5.13. The van der Waals surface area contributed by atoms with Gasteiger partial charge in [-0.05, 0) is 37.4 Å². The molecule has 1 N–H and O–H groups in total.